The van der Waals surface area contributed by atoms with Crippen LogP contribution in [0, 0.1) is 0 Å². The third-order valence-corrected chi connectivity index (χ3v) is 6.02. The molecule has 1 aliphatic rings. The SMILES string of the molecule is [N-]=[N+]=NC1CCCN(Cc2ccccc2)CC1NC(=O)c1ccc(OCc2ccccc2)cc1. The van der Waals surface area contributed by atoms with E-state index in [9.17, 15) is 4.79 Å². The van der Waals surface area contributed by atoms with Gasteiger partial charge in [0.1, 0.15) is 12.4 Å². The maximum absolute atomic E-state index is 13.0. The van der Waals surface area contributed by atoms with E-state index in [4.69, 9.17) is 10.3 Å². The van der Waals surface area contributed by atoms with Gasteiger partial charge in [-0.25, -0.2) is 0 Å². The van der Waals surface area contributed by atoms with E-state index in [0.717, 1.165) is 31.5 Å². The van der Waals surface area contributed by atoms with Crippen LogP contribution in [0.3, 0.4) is 0 Å². The summed E-state index contributed by atoms with van der Waals surface area (Å²) < 4.78 is 5.82. The number of benzene rings is 3. The topological polar surface area (TPSA) is 90.3 Å². The molecule has 0 aliphatic carbocycles. The lowest BCUT2D eigenvalue weighted by Gasteiger charge is -2.27. The lowest BCUT2D eigenvalue weighted by Crippen LogP contribution is -2.48. The molecule has 1 fully saturated rings. The molecular weight excluding hydrogens is 426 g/mol. The van der Waals surface area contributed by atoms with Crippen molar-refractivity contribution in [1.29, 1.82) is 0 Å². The van der Waals surface area contributed by atoms with Crippen molar-refractivity contribution < 1.29 is 9.53 Å². The van der Waals surface area contributed by atoms with Gasteiger partial charge in [-0.1, -0.05) is 65.8 Å². The average molecular weight is 456 g/mol. The Kier molecular flexibility index (Phi) is 8.17. The third-order valence-electron chi connectivity index (χ3n) is 6.02. The molecule has 1 aliphatic heterocycles. The van der Waals surface area contributed by atoms with Gasteiger partial charge in [0.05, 0.1) is 12.1 Å². The van der Waals surface area contributed by atoms with Crippen LogP contribution in [0.25, 0.3) is 10.4 Å². The maximum atomic E-state index is 13.0. The van der Waals surface area contributed by atoms with Gasteiger partial charge in [-0.3, -0.25) is 9.69 Å². The summed E-state index contributed by atoms with van der Waals surface area (Å²) in [5.74, 6) is 0.523. The predicted molar refractivity (Wildman–Crippen MR) is 132 cm³/mol. The Balaban J connectivity index is 1.39. The number of carbonyl (C=O) groups is 1. The average Bonchev–Trinajstić information content (AvgIpc) is 3.06. The van der Waals surface area contributed by atoms with E-state index in [0.29, 0.717) is 24.5 Å². The number of azide groups is 1. The van der Waals surface area contributed by atoms with Crippen molar-refractivity contribution >= 4 is 5.91 Å². The smallest absolute Gasteiger partial charge is 0.251 e. The minimum Gasteiger partial charge on any atom is -0.489 e. The highest BCUT2D eigenvalue weighted by Crippen LogP contribution is 2.19. The summed E-state index contributed by atoms with van der Waals surface area (Å²) in [5.41, 5.74) is 11.9. The van der Waals surface area contributed by atoms with Crippen molar-refractivity contribution in [2.24, 2.45) is 5.11 Å². The van der Waals surface area contributed by atoms with Crippen molar-refractivity contribution in [3.8, 4) is 5.75 Å². The molecule has 7 nitrogen and oxygen atoms in total. The highest BCUT2D eigenvalue weighted by Gasteiger charge is 2.28. The largest absolute Gasteiger partial charge is 0.489 e. The summed E-state index contributed by atoms with van der Waals surface area (Å²) in [6.45, 7) is 2.79. The zero-order valence-corrected chi connectivity index (χ0v) is 19.1. The van der Waals surface area contributed by atoms with Crippen molar-refractivity contribution in [3.05, 3.63) is 112 Å². The van der Waals surface area contributed by atoms with Gasteiger partial charge in [-0.2, -0.15) is 0 Å². The lowest BCUT2D eigenvalue weighted by atomic mass is 10.0. The molecule has 1 amide bonds. The Morgan fingerprint density at radius 1 is 1.00 bits per heavy atom. The fourth-order valence-electron chi connectivity index (χ4n) is 4.24. The Bertz CT molecular complexity index is 1100. The lowest BCUT2D eigenvalue weighted by molar-refractivity contribution is 0.0920. The monoisotopic (exact) mass is 455 g/mol. The molecule has 0 aromatic heterocycles. The van der Waals surface area contributed by atoms with Crippen LogP contribution in [0.2, 0.25) is 0 Å². The first-order valence-electron chi connectivity index (χ1n) is 11.6. The second-order valence-electron chi connectivity index (χ2n) is 8.51. The van der Waals surface area contributed by atoms with Crippen LogP contribution in [-0.2, 0) is 13.2 Å². The van der Waals surface area contributed by atoms with Crippen molar-refractivity contribution in [3.63, 3.8) is 0 Å². The summed E-state index contributed by atoms with van der Waals surface area (Å²) in [4.78, 5) is 18.4. The molecule has 1 N–H and O–H groups in total. The second kappa shape index (κ2) is 11.9. The molecule has 0 saturated carbocycles. The molecule has 2 unspecified atom stereocenters. The van der Waals surface area contributed by atoms with Crippen molar-refractivity contribution in [2.75, 3.05) is 13.1 Å². The molecule has 2 atom stereocenters. The third kappa shape index (κ3) is 6.61. The zero-order valence-electron chi connectivity index (χ0n) is 19.1. The number of hydrogen-bond donors (Lipinski definition) is 1. The fourth-order valence-corrected chi connectivity index (χ4v) is 4.24. The molecule has 34 heavy (non-hydrogen) atoms. The summed E-state index contributed by atoms with van der Waals surface area (Å²) in [6.07, 6.45) is 1.66. The van der Waals surface area contributed by atoms with Crippen LogP contribution in [-0.4, -0.2) is 36.0 Å². The highest BCUT2D eigenvalue weighted by atomic mass is 16.5. The van der Waals surface area contributed by atoms with Crippen LogP contribution >= 0.6 is 0 Å². The quantitative estimate of drug-likeness (QED) is 0.282. The van der Waals surface area contributed by atoms with E-state index < -0.39 is 0 Å². The summed E-state index contributed by atoms with van der Waals surface area (Å²) in [5, 5.41) is 7.12. The standard InChI is InChI=1S/C27H29N5O2/c28-31-30-25-12-7-17-32(18-21-8-3-1-4-9-21)19-26(25)29-27(33)23-13-15-24(16-14-23)34-20-22-10-5-2-6-11-22/h1-6,8-11,13-16,25-26H,7,12,17-20H2,(H,29,33). The van der Waals surface area contributed by atoms with E-state index in [1.54, 1.807) is 24.3 Å². The van der Waals surface area contributed by atoms with Gasteiger partial charge >= 0.3 is 0 Å². The normalized spacial score (nSPS) is 18.4. The Labute approximate surface area is 200 Å². The van der Waals surface area contributed by atoms with Gasteiger partial charge in [0, 0.05) is 23.6 Å². The first-order valence-corrected chi connectivity index (χ1v) is 11.6. The number of nitrogens with zero attached hydrogens (tertiary/aromatic N) is 4. The predicted octanol–water partition coefficient (Wildman–Crippen LogP) is 5.34. The van der Waals surface area contributed by atoms with E-state index >= 15 is 0 Å². The van der Waals surface area contributed by atoms with Crippen LogP contribution in [0.15, 0.2) is 90.0 Å². The molecule has 1 saturated heterocycles. The van der Waals surface area contributed by atoms with E-state index in [1.165, 1.54) is 5.56 Å². The summed E-state index contributed by atoms with van der Waals surface area (Å²) in [6, 6.07) is 26.8. The van der Waals surface area contributed by atoms with Crippen molar-refractivity contribution in [2.45, 2.75) is 38.1 Å². The van der Waals surface area contributed by atoms with Gasteiger partial charge in [0.2, 0.25) is 0 Å². The number of rotatable bonds is 8. The zero-order chi connectivity index (χ0) is 23.6. The van der Waals surface area contributed by atoms with Gasteiger partial charge in [-0.15, -0.1) is 0 Å². The van der Waals surface area contributed by atoms with Gasteiger partial charge in [0.15, 0.2) is 0 Å². The molecule has 0 bridgehead atoms. The molecule has 0 spiro atoms. The van der Waals surface area contributed by atoms with Gasteiger partial charge in [0.25, 0.3) is 5.91 Å². The van der Waals surface area contributed by atoms with E-state index in [-0.39, 0.29) is 18.0 Å². The number of carbonyl (C=O) groups excluding carboxylic acids is 1. The first-order chi connectivity index (χ1) is 16.7. The van der Waals surface area contributed by atoms with Crippen LogP contribution < -0.4 is 10.1 Å². The number of likely N-dealkylation sites (tertiary alicyclic amines) is 1. The summed E-state index contributed by atoms with van der Waals surface area (Å²) in [7, 11) is 0. The van der Waals surface area contributed by atoms with Crippen LogP contribution in [0.5, 0.6) is 5.75 Å². The Morgan fingerprint density at radius 3 is 2.35 bits per heavy atom. The van der Waals surface area contributed by atoms with Gasteiger partial charge in [-0.05, 0) is 60.3 Å². The molecule has 174 valence electrons. The molecular formula is C27H29N5O2. The number of ether oxygens (including phenoxy) is 1. The fraction of sp³-hybridized carbons (Fsp3) is 0.296. The Morgan fingerprint density at radius 2 is 1.68 bits per heavy atom. The Hall–Kier alpha value is -3.80. The van der Waals surface area contributed by atoms with Crippen LogP contribution in [0.4, 0.5) is 0 Å². The minimum absolute atomic E-state index is 0.181. The molecule has 1 heterocycles. The summed E-state index contributed by atoms with van der Waals surface area (Å²) >= 11 is 0. The number of amides is 1. The molecule has 4 rings (SSSR count). The molecule has 3 aromatic carbocycles. The first kappa shape index (κ1) is 23.4. The van der Waals surface area contributed by atoms with Crippen molar-refractivity contribution in [1.82, 2.24) is 10.2 Å². The molecule has 3 aromatic rings. The molecule has 0 radical (unpaired) electrons. The van der Waals surface area contributed by atoms with E-state index in [1.807, 2.05) is 48.5 Å². The number of hydrogen-bond acceptors (Lipinski definition) is 4. The highest BCUT2D eigenvalue weighted by molar-refractivity contribution is 5.94. The number of nitrogens with one attached hydrogen (secondary N) is 1. The van der Waals surface area contributed by atoms with Gasteiger partial charge < -0.3 is 10.1 Å². The maximum Gasteiger partial charge on any atom is 0.251 e. The van der Waals surface area contributed by atoms with E-state index in [2.05, 4.69) is 32.4 Å². The second-order valence-corrected chi connectivity index (χ2v) is 8.51. The minimum atomic E-state index is -0.275. The van der Waals surface area contributed by atoms with Crippen LogP contribution in [0.1, 0.15) is 34.3 Å². The molecule has 7 heteroatoms.